The normalized spacial score (nSPS) is 10.8. The summed E-state index contributed by atoms with van der Waals surface area (Å²) in [6.07, 6.45) is 1.62. The molecule has 5 nitrogen and oxygen atoms in total. The fraction of sp³-hybridized carbons (Fsp3) is 0.0417. The first-order chi connectivity index (χ1) is 15.0. The van der Waals surface area contributed by atoms with Crippen molar-refractivity contribution in [3.63, 3.8) is 0 Å². The lowest BCUT2D eigenvalue weighted by Crippen LogP contribution is -2.30. The van der Waals surface area contributed by atoms with E-state index in [9.17, 15) is 9.59 Å². The molecule has 0 aliphatic heterocycles. The van der Waals surface area contributed by atoms with Gasteiger partial charge in [-0.1, -0.05) is 46.3 Å². The van der Waals surface area contributed by atoms with Crippen LogP contribution in [0.15, 0.2) is 93.9 Å². The maximum Gasteiger partial charge on any atom is 0.272 e. The molecule has 3 aromatic carbocycles. The molecule has 154 valence electrons. The lowest BCUT2D eigenvalue weighted by atomic mass is 10.1. The molecule has 0 radical (unpaired) electrons. The summed E-state index contributed by atoms with van der Waals surface area (Å²) in [6.45, 7) is 0. The Labute approximate surface area is 193 Å². The van der Waals surface area contributed by atoms with E-state index in [1.54, 1.807) is 42.5 Å². The average molecular weight is 492 g/mol. The molecular weight excluding hydrogens is 474 g/mol. The van der Waals surface area contributed by atoms with E-state index in [4.69, 9.17) is 5.26 Å². The molecule has 0 unspecified atom stereocenters. The van der Waals surface area contributed by atoms with Crippen molar-refractivity contribution in [1.82, 2.24) is 5.32 Å². The first-order valence-electron chi connectivity index (χ1n) is 9.30. The van der Waals surface area contributed by atoms with Gasteiger partial charge in [-0.2, -0.15) is 5.26 Å². The number of nitrogens with zero attached hydrogens (tertiary/aromatic N) is 1. The molecule has 0 aromatic heterocycles. The number of nitriles is 1. The molecule has 3 rings (SSSR count). The van der Waals surface area contributed by atoms with E-state index in [1.807, 2.05) is 42.5 Å². The minimum absolute atomic E-state index is 0.124. The molecule has 0 aliphatic rings. The lowest BCUT2D eigenvalue weighted by molar-refractivity contribution is -0.113. The van der Waals surface area contributed by atoms with Crippen molar-refractivity contribution in [2.45, 2.75) is 4.90 Å². The zero-order valence-electron chi connectivity index (χ0n) is 16.3. The second kappa shape index (κ2) is 11.2. The van der Waals surface area contributed by atoms with Crippen LogP contribution in [0.4, 0.5) is 5.69 Å². The second-order valence-corrected chi connectivity index (χ2v) is 8.32. The zero-order valence-corrected chi connectivity index (χ0v) is 18.7. The predicted octanol–water partition coefficient (Wildman–Crippen LogP) is 5.47. The Morgan fingerprint density at radius 2 is 1.65 bits per heavy atom. The van der Waals surface area contributed by atoms with Crippen LogP contribution in [0, 0.1) is 11.3 Å². The highest BCUT2D eigenvalue weighted by atomic mass is 79.9. The molecule has 0 heterocycles. The fourth-order valence-corrected chi connectivity index (χ4v) is 3.44. The molecule has 0 bridgehead atoms. The summed E-state index contributed by atoms with van der Waals surface area (Å²) < 4.78 is 0.915. The van der Waals surface area contributed by atoms with Gasteiger partial charge in [-0.15, -0.1) is 11.8 Å². The first-order valence-corrected chi connectivity index (χ1v) is 11.1. The highest BCUT2D eigenvalue weighted by molar-refractivity contribution is 9.10. The number of benzene rings is 3. The molecule has 2 amide bonds. The van der Waals surface area contributed by atoms with Gasteiger partial charge >= 0.3 is 0 Å². The number of anilines is 1. The molecule has 31 heavy (non-hydrogen) atoms. The Balaban J connectivity index is 1.81. The van der Waals surface area contributed by atoms with Crippen LogP contribution in [-0.4, -0.2) is 17.6 Å². The zero-order chi connectivity index (χ0) is 22.1. The fourth-order valence-electron chi connectivity index (χ4n) is 2.62. The molecule has 7 heteroatoms. The molecule has 2 N–H and O–H groups in total. The monoisotopic (exact) mass is 491 g/mol. The van der Waals surface area contributed by atoms with Gasteiger partial charge in [-0.3, -0.25) is 9.59 Å². The van der Waals surface area contributed by atoms with Gasteiger partial charge < -0.3 is 10.6 Å². The standard InChI is InChI=1S/C24H18BrN3O2S/c25-19-8-6-17(7-9-19)16-22(28-23(29)18-4-2-1-3-5-18)24(30)27-20-10-12-21(13-11-20)31-15-14-26/h1-13,16H,15H2,(H,27,30)(H,28,29)/b22-16-. The van der Waals surface area contributed by atoms with E-state index < -0.39 is 5.91 Å². The van der Waals surface area contributed by atoms with Gasteiger partial charge in [0.05, 0.1) is 11.8 Å². The Morgan fingerprint density at radius 1 is 0.968 bits per heavy atom. The van der Waals surface area contributed by atoms with Crippen LogP contribution >= 0.6 is 27.7 Å². The first kappa shape index (κ1) is 22.3. The number of carbonyl (C=O) groups is 2. The van der Waals surface area contributed by atoms with E-state index in [-0.39, 0.29) is 11.6 Å². The predicted molar refractivity (Wildman–Crippen MR) is 127 cm³/mol. The van der Waals surface area contributed by atoms with Crippen molar-refractivity contribution >= 4 is 51.3 Å². The topological polar surface area (TPSA) is 82.0 Å². The van der Waals surface area contributed by atoms with E-state index in [2.05, 4.69) is 32.6 Å². The van der Waals surface area contributed by atoms with Gasteiger partial charge in [0, 0.05) is 20.6 Å². The number of thioether (sulfide) groups is 1. The van der Waals surface area contributed by atoms with Crippen molar-refractivity contribution in [3.05, 3.63) is 100 Å². The Hall–Kier alpha value is -3.34. The summed E-state index contributed by atoms with van der Waals surface area (Å²) >= 11 is 4.81. The van der Waals surface area contributed by atoms with Crippen molar-refractivity contribution in [1.29, 1.82) is 5.26 Å². The van der Waals surface area contributed by atoms with Crippen molar-refractivity contribution in [2.75, 3.05) is 11.1 Å². The number of hydrogen-bond acceptors (Lipinski definition) is 4. The number of halogens is 1. The Kier molecular flexibility index (Phi) is 8.05. The van der Waals surface area contributed by atoms with E-state index in [0.717, 1.165) is 14.9 Å². The Morgan fingerprint density at radius 3 is 2.29 bits per heavy atom. The average Bonchev–Trinajstić information content (AvgIpc) is 2.80. The molecular formula is C24H18BrN3O2S. The molecule has 0 fully saturated rings. The van der Waals surface area contributed by atoms with Crippen LogP contribution in [0.2, 0.25) is 0 Å². The van der Waals surface area contributed by atoms with Gasteiger partial charge in [0.25, 0.3) is 11.8 Å². The lowest BCUT2D eigenvalue weighted by Gasteiger charge is -2.12. The number of carbonyl (C=O) groups excluding carboxylic acids is 2. The van der Waals surface area contributed by atoms with Crippen molar-refractivity contribution in [2.24, 2.45) is 0 Å². The number of hydrogen-bond donors (Lipinski definition) is 2. The third-order valence-electron chi connectivity index (χ3n) is 4.13. The van der Waals surface area contributed by atoms with Crippen LogP contribution in [0.5, 0.6) is 0 Å². The Bertz CT molecular complexity index is 1120. The highest BCUT2D eigenvalue weighted by Crippen LogP contribution is 2.20. The molecule has 3 aromatic rings. The number of amides is 2. The molecule has 0 spiro atoms. The minimum atomic E-state index is -0.440. The van der Waals surface area contributed by atoms with Crippen LogP contribution in [0.1, 0.15) is 15.9 Å². The quantitative estimate of drug-likeness (QED) is 0.338. The molecule has 0 atom stereocenters. The van der Waals surface area contributed by atoms with Gasteiger partial charge in [-0.25, -0.2) is 0 Å². The second-order valence-electron chi connectivity index (χ2n) is 6.36. The summed E-state index contributed by atoms with van der Waals surface area (Å²) in [5, 5.41) is 14.2. The summed E-state index contributed by atoms with van der Waals surface area (Å²) in [5.74, 6) is -0.455. The SMILES string of the molecule is N#CCSc1ccc(NC(=O)/C(=C/c2ccc(Br)cc2)NC(=O)c2ccccc2)cc1. The van der Waals surface area contributed by atoms with Gasteiger partial charge in [0.2, 0.25) is 0 Å². The number of rotatable bonds is 7. The third kappa shape index (κ3) is 6.85. The van der Waals surface area contributed by atoms with E-state index in [0.29, 0.717) is 17.0 Å². The highest BCUT2D eigenvalue weighted by Gasteiger charge is 2.15. The smallest absolute Gasteiger partial charge is 0.272 e. The van der Waals surface area contributed by atoms with E-state index in [1.165, 1.54) is 11.8 Å². The van der Waals surface area contributed by atoms with Gasteiger partial charge in [-0.05, 0) is 60.2 Å². The molecule has 0 saturated carbocycles. The van der Waals surface area contributed by atoms with Crippen LogP contribution < -0.4 is 10.6 Å². The van der Waals surface area contributed by atoms with Crippen LogP contribution in [-0.2, 0) is 4.79 Å². The van der Waals surface area contributed by atoms with Gasteiger partial charge in [0.1, 0.15) is 5.70 Å². The summed E-state index contributed by atoms with van der Waals surface area (Å²) in [7, 11) is 0. The van der Waals surface area contributed by atoms with Gasteiger partial charge in [0.15, 0.2) is 0 Å². The maximum absolute atomic E-state index is 13.0. The minimum Gasteiger partial charge on any atom is -0.321 e. The molecule has 0 aliphatic carbocycles. The maximum atomic E-state index is 13.0. The van der Waals surface area contributed by atoms with Crippen molar-refractivity contribution in [3.8, 4) is 6.07 Å². The van der Waals surface area contributed by atoms with Crippen LogP contribution in [0.3, 0.4) is 0 Å². The summed E-state index contributed by atoms with van der Waals surface area (Å²) in [4.78, 5) is 26.5. The summed E-state index contributed by atoms with van der Waals surface area (Å²) in [6, 6.07) is 25.4. The van der Waals surface area contributed by atoms with Crippen LogP contribution in [0.25, 0.3) is 6.08 Å². The third-order valence-corrected chi connectivity index (χ3v) is 5.53. The van der Waals surface area contributed by atoms with E-state index >= 15 is 0 Å². The molecule has 0 saturated heterocycles. The summed E-state index contributed by atoms with van der Waals surface area (Å²) in [5.41, 5.74) is 1.93. The largest absolute Gasteiger partial charge is 0.321 e. The van der Waals surface area contributed by atoms with Crippen molar-refractivity contribution < 1.29 is 9.59 Å². The number of nitrogens with one attached hydrogen (secondary N) is 2.